The first-order valence-corrected chi connectivity index (χ1v) is 7.22. The normalized spacial score (nSPS) is 12.3. The van der Waals surface area contributed by atoms with Gasteiger partial charge in [-0.1, -0.05) is 23.1 Å². The van der Waals surface area contributed by atoms with Crippen LogP contribution in [0.3, 0.4) is 0 Å². The Balaban J connectivity index is 1.94. The monoisotopic (exact) mass is 300 g/mol. The summed E-state index contributed by atoms with van der Waals surface area (Å²) < 4.78 is 6.01. The molecule has 102 valence electrons. The van der Waals surface area contributed by atoms with Crippen molar-refractivity contribution in [2.75, 3.05) is 11.1 Å². The van der Waals surface area contributed by atoms with E-state index in [-0.39, 0.29) is 11.8 Å². The van der Waals surface area contributed by atoms with Gasteiger partial charge in [-0.3, -0.25) is 4.79 Å². The summed E-state index contributed by atoms with van der Waals surface area (Å²) in [4.78, 5) is 14.6. The molecule has 0 aliphatic heterocycles. The van der Waals surface area contributed by atoms with Crippen molar-refractivity contribution >= 4 is 34.2 Å². The minimum absolute atomic E-state index is 0.0247. The summed E-state index contributed by atoms with van der Waals surface area (Å²) in [5.41, 5.74) is 0. The van der Waals surface area contributed by atoms with E-state index < -0.39 is 5.97 Å². The molecule has 0 aromatic carbocycles. The number of nitrogens with zero attached hydrogens (tertiary/aromatic N) is 3. The van der Waals surface area contributed by atoms with Crippen LogP contribution in [0.1, 0.15) is 24.6 Å². The van der Waals surface area contributed by atoms with Crippen LogP contribution in [-0.4, -0.2) is 32.0 Å². The third-order valence-electron chi connectivity index (χ3n) is 2.08. The van der Waals surface area contributed by atoms with E-state index in [2.05, 4.69) is 20.5 Å². The second kappa shape index (κ2) is 6.02. The zero-order valence-corrected chi connectivity index (χ0v) is 11.9. The maximum absolute atomic E-state index is 10.4. The number of anilines is 1. The van der Waals surface area contributed by atoms with Gasteiger partial charge >= 0.3 is 5.97 Å². The van der Waals surface area contributed by atoms with Crippen molar-refractivity contribution in [3.05, 3.63) is 17.8 Å². The molecule has 2 rings (SSSR count). The quantitative estimate of drug-likeness (QED) is 0.783. The lowest BCUT2D eigenvalue weighted by Gasteiger charge is -2.07. The van der Waals surface area contributed by atoms with E-state index in [1.807, 2.05) is 13.8 Å². The standard InChI is InChI=1S/C10H12N4O3S2/c1-5-3-11-8(17-5)6(2)12-9-13-14-10(19-9)18-4-7(15)16/h3,6H,4H2,1-2H3,(H,12,13)(H,15,16). The van der Waals surface area contributed by atoms with E-state index in [1.165, 1.54) is 11.3 Å². The molecule has 2 N–H and O–H groups in total. The lowest BCUT2D eigenvalue weighted by Crippen LogP contribution is -2.06. The summed E-state index contributed by atoms with van der Waals surface area (Å²) in [6.45, 7) is 3.73. The Hall–Kier alpha value is -1.61. The Kier molecular flexibility index (Phi) is 4.38. The van der Waals surface area contributed by atoms with Gasteiger partial charge in [-0.2, -0.15) is 0 Å². The molecule has 7 nitrogen and oxygen atoms in total. The van der Waals surface area contributed by atoms with Gasteiger partial charge in [0.15, 0.2) is 4.34 Å². The van der Waals surface area contributed by atoms with Crippen molar-refractivity contribution in [1.82, 2.24) is 15.2 Å². The highest BCUT2D eigenvalue weighted by Crippen LogP contribution is 2.27. The first kappa shape index (κ1) is 13.8. The molecule has 0 aliphatic rings. The maximum Gasteiger partial charge on any atom is 0.313 e. The van der Waals surface area contributed by atoms with Gasteiger partial charge in [0.1, 0.15) is 11.8 Å². The second-order valence-corrected chi connectivity index (χ2v) is 5.93. The molecule has 19 heavy (non-hydrogen) atoms. The Morgan fingerprint density at radius 1 is 1.63 bits per heavy atom. The van der Waals surface area contributed by atoms with Crippen LogP contribution in [0.5, 0.6) is 0 Å². The van der Waals surface area contributed by atoms with E-state index in [4.69, 9.17) is 9.52 Å². The number of thioether (sulfide) groups is 1. The molecule has 2 aromatic rings. The number of hydrogen-bond donors (Lipinski definition) is 2. The van der Waals surface area contributed by atoms with E-state index in [1.54, 1.807) is 6.20 Å². The summed E-state index contributed by atoms with van der Waals surface area (Å²) in [7, 11) is 0. The number of aliphatic carboxylic acids is 1. The van der Waals surface area contributed by atoms with Crippen LogP contribution in [0, 0.1) is 6.92 Å². The highest BCUT2D eigenvalue weighted by molar-refractivity contribution is 8.01. The predicted molar refractivity (Wildman–Crippen MR) is 71.5 cm³/mol. The van der Waals surface area contributed by atoms with Gasteiger partial charge in [0.25, 0.3) is 0 Å². The van der Waals surface area contributed by atoms with Gasteiger partial charge in [0, 0.05) is 0 Å². The average Bonchev–Trinajstić information content (AvgIpc) is 2.95. The van der Waals surface area contributed by atoms with E-state index >= 15 is 0 Å². The molecule has 0 spiro atoms. The van der Waals surface area contributed by atoms with Crippen molar-refractivity contribution in [3.8, 4) is 0 Å². The molecule has 0 saturated heterocycles. The number of rotatable bonds is 6. The summed E-state index contributed by atoms with van der Waals surface area (Å²) >= 11 is 2.44. The molecule has 0 aliphatic carbocycles. The number of aromatic nitrogens is 3. The van der Waals surface area contributed by atoms with Gasteiger partial charge < -0.3 is 14.8 Å². The molecule has 1 unspecified atom stereocenters. The topological polar surface area (TPSA) is 101 Å². The van der Waals surface area contributed by atoms with Crippen LogP contribution in [0.15, 0.2) is 15.0 Å². The Labute approximate surface area is 117 Å². The van der Waals surface area contributed by atoms with Gasteiger partial charge in [-0.05, 0) is 13.8 Å². The van der Waals surface area contributed by atoms with Gasteiger partial charge in [-0.15, -0.1) is 10.2 Å². The third kappa shape index (κ3) is 3.93. The van der Waals surface area contributed by atoms with Crippen LogP contribution in [0.2, 0.25) is 0 Å². The summed E-state index contributed by atoms with van der Waals surface area (Å²) in [5, 5.41) is 20.1. The minimum Gasteiger partial charge on any atom is -0.481 e. The van der Waals surface area contributed by atoms with Crippen LogP contribution in [0.4, 0.5) is 5.13 Å². The Morgan fingerprint density at radius 2 is 2.42 bits per heavy atom. The molecule has 0 amide bonds. The molecule has 1 atom stereocenters. The largest absolute Gasteiger partial charge is 0.481 e. The van der Waals surface area contributed by atoms with E-state index in [0.717, 1.165) is 17.5 Å². The van der Waals surface area contributed by atoms with Crippen molar-refractivity contribution in [1.29, 1.82) is 0 Å². The van der Waals surface area contributed by atoms with E-state index in [0.29, 0.717) is 15.4 Å². The molecule has 0 bridgehead atoms. The summed E-state index contributed by atoms with van der Waals surface area (Å²) in [5.74, 6) is 0.424. The first-order chi connectivity index (χ1) is 9.04. The second-order valence-electron chi connectivity index (χ2n) is 3.73. The lowest BCUT2D eigenvalue weighted by molar-refractivity contribution is -0.133. The summed E-state index contributed by atoms with van der Waals surface area (Å²) in [6.07, 6.45) is 1.65. The number of carboxylic acid groups (broad SMARTS) is 1. The fourth-order valence-corrected chi connectivity index (χ4v) is 2.83. The van der Waals surface area contributed by atoms with Crippen LogP contribution >= 0.6 is 23.1 Å². The highest BCUT2D eigenvalue weighted by atomic mass is 32.2. The van der Waals surface area contributed by atoms with Gasteiger partial charge in [0.05, 0.1) is 11.9 Å². The van der Waals surface area contributed by atoms with Crippen LogP contribution in [0.25, 0.3) is 0 Å². The lowest BCUT2D eigenvalue weighted by atomic mass is 10.3. The molecule has 0 fully saturated rings. The highest BCUT2D eigenvalue weighted by Gasteiger charge is 2.14. The first-order valence-electron chi connectivity index (χ1n) is 5.41. The Morgan fingerprint density at radius 3 is 3.05 bits per heavy atom. The minimum atomic E-state index is -0.877. The zero-order valence-electron chi connectivity index (χ0n) is 10.3. The number of carbonyl (C=O) groups is 1. The smallest absolute Gasteiger partial charge is 0.313 e. The van der Waals surface area contributed by atoms with Crippen molar-refractivity contribution in [3.63, 3.8) is 0 Å². The fraction of sp³-hybridized carbons (Fsp3) is 0.400. The van der Waals surface area contributed by atoms with Crippen molar-refractivity contribution in [2.45, 2.75) is 24.2 Å². The molecular formula is C10H12N4O3S2. The van der Waals surface area contributed by atoms with Crippen molar-refractivity contribution in [2.24, 2.45) is 0 Å². The third-order valence-corrected chi connectivity index (χ3v) is 4.05. The molecule has 0 radical (unpaired) electrons. The molecule has 2 aromatic heterocycles. The summed E-state index contributed by atoms with van der Waals surface area (Å²) in [6, 6.07) is -0.126. The van der Waals surface area contributed by atoms with Crippen molar-refractivity contribution < 1.29 is 14.3 Å². The zero-order chi connectivity index (χ0) is 13.8. The number of carboxylic acids is 1. The molecular weight excluding hydrogens is 288 g/mol. The average molecular weight is 300 g/mol. The molecule has 9 heteroatoms. The van der Waals surface area contributed by atoms with Gasteiger partial charge in [-0.25, -0.2) is 4.98 Å². The number of oxazole rings is 1. The number of nitrogens with one attached hydrogen (secondary N) is 1. The Bertz CT molecular complexity index is 569. The van der Waals surface area contributed by atoms with Crippen LogP contribution < -0.4 is 5.32 Å². The molecule has 0 saturated carbocycles. The fourth-order valence-electron chi connectivity index (χ4n) is 1.27. The van der Waals surface area contributed by atoms with Crippen LogP contribution in [-0.2, 0) is 4.79 Å². The molecule has 2 heterocycles. The number of hydrogen-bond acceptors (Lipinski definition) is 8. The predicted octanol–water partition coefficient (Wildman–Crippen LogP) is 2.18. The number of aryl methyl sites for hydroxylation is 1. The maximum atomic E-state index is 10.4. The SMILES string of the molecule is Cc1cnc(C(C)Nc2nnc(SCC(=O)O)s2)o1. The van der Waals surface area contributed by atoms with E-state index in [9.17, 15) is 4.79 Å². The van der Waals surface area contributed by atoms with Gasteiger partial charge in [0.2, 0.25) is 11.0 Å².